The lowest BCUT2D eigenvalue weighted by Crippen LogP contribution is -2.62. The Morgan fingerprint density at radius 1 is 0.862 bits per heavy atom. The minimum Gasteiger partial charge on any atom is -0.733 e. The number of carbonyl (C=O) groups is 1. The van der Waals surface area contributed by atoms with Crippen LogP contribution < -0.4 is 9.96 Å². The van der Waals surface area contributed by atoms with Crippen LogP contribution in [0.5, 0.6) is 5.75 Å². The van der Waals surface area contributed by atoms with E-state index in [1.165, 1.54) is 0 Å². The third-order valence-electron chi connectivity index (χ3n) is 2.89. The molecule has 0 aromatic heterocycles. The predicted octanol–water partition coefficient (Wildman–Crippen LogP) is 4.32. The zero-order valence-electron chi connectivity index (χ0n) is 13.0. The summed E-state index contributed by atoms with van der Waals surface area (Å²) in [6.45, 7) is 0. The summed E-state index contributed by atoms with van der Waals surface area (Å²) in [5.74, 6) is -18.4. The molecule has 0 saturated carbocycles. The number of benzene rings is 1. The van der Waals surface area contributed by atoms with E-state index in [0.29, 0.717) is 24.3 Å². The van der Waals surface area contributed by atoms with E-state index in [1.54, 1.807) is 0 Å². The van der Waals surface area contributed by atoms with Crippen molar-refractivity contribution in [2.75, 3.05) is 5.23 Å². The normalized spacial score (nSPS) is 15.6. The van der Waals surface area contributed by atoms with Crippen molar-refractivity contribution in [2.45, 2.75) is 30.2 Å². The van der Waals surface area contributed by atoms with E-state index in [4.69, 9.17) is 5.21 Å². The minimum atomic E-state index is -7.33. The molecule has 1 rings (SSSR count). The molecule has 0 radical (unpaired) electrons. The van der Waals surface area contributed by atoms with Crippen molar-refractivity contribution in [3.63, 3.8) is 0 Å². The summed E-state index contributed by atoms with van der Waals surface area (Å²) in [6.07, 6.45) is -21.3. The summed E-state index contributed by atoms with van der Waals surface area (Å²) >= 11 is 0. The standard InChI is InChI=1S/C12H5F11NO5/c13-8(10(16,17)18,29-12(22,23)9(14,15)11(19,20)21)7(25)28-6-3-1-5(2-4-6)24(26)27/h1-4,26H/q-1/t8-/m1/s1. The van der Waals surface area contributed by atoms with E-state index >= 15 is 0 Å². The maximum Gasteiger partial charge on any atom is 0.462 e. The number of ether oxygens (including phenoxy) is 2. The lowest BCUT2D eigenvalue weighted by atomic mass is 10.2. The molecule has 1 aromatic carbocycles. The molecular weight excluding hydrogens is 447 g/mol. The first kappa shape index (κ1) is 24.6. The van der Waals surface area contributed by atoms with Gasteiger partial charge >= 0.3 is 36.2 Å². The monoisotopic (exact) mass is 452 g/mol. The van der Waals surface area contributed by atoms with Gasteiger partial charge in [0.2, 0.25) is 0 Å². The van der Waals surface area contributed by atoms with Crippen LogP contribution in [0.25, 0.3) is 0 Å². The smallest absolute Gasteiger partial charge is 0.462 e. The highest BCUT2D eigenvalue weighted by Crippen LogP contribution is 2.51. The van der Waals surface area contributed by atoms with Gasteiger partial charge in [-0.15, -0.1) is 0 Å². The average molecular weight is 452 g/mol. The number of esters is 1. The Morgan fingerprint density at radius 3 is 1.66 bits per heavy atom. The van der Waals surface area contributed by atoms with Gasteiger partial charge < -0.3 is 15.2 Å². The molecule has 0 aliphatic heterocycles. The molecule has 1 atom stereocenters. The Hall–Kier alpha value is -2.40. The molecule has 0 saturated heterocycles. The van der Waals surface area contributed by atoms with Crippen LogP contribution >= 0.6 is 0 Å². The van der Waals surface area contributed by atoms with Crippen LogP contribution in [0, 0.1) is 5.21 Å². The van der Waals surface area contributed by atoms with Crippen LogP contribution in [0.3, 0.4) is 0 Å². The SMILES string of the molecule is O=C(Oc1ccc(N([O-])O)cc1)[C@@](F)(OC(F)(F)C(F)(F)C(F)(F)F)C(F)(F)F. The lowest BCUT2D eigenvalue weighted by Gasteiger charge is -2.33. The number of alkyl halides is 11. The number of hydrogen-bond donors (Lipinski definition) is 1. The summed E-state index contributed by atoms with van der Waals surface area (Å²) in [7, 11) is 0. The molecule has 0 aliphatic carbocycles. The molecular formula is C12H5F11NO5-. The van der Waals surface area contributed by atoms with Crippen LogP contribution in [0.4, 0.5) is 54.0 Å². The van der Waals surface area contributed by atoms with Gasteiger partial charge in [0.05, 0.1) is 5.69 Å². The van der Waals surface area contributed by atoms with Crippen molar-refractivity contribution in [1.29, 1.82) is 0 Å². The highest BCUT2D eigenvalue weighted by Gasteiger charge is 2.80. The number of anilines is 1. The average Bonchev–Trinajstić information content (AvgIpc) is 2.52. The van der Waals surface area contributed by atoms with E-state index in [1.807, 2.05) is 4.74 Å². The van der Waals surface area contributed by atoms with E-state index in [9.17, 15) is 58.3 Å². The summed E-state index contributed by atoms with van der Waals surface area (Å²) in [4.78, 5) is 11.3. The summed E-state index contributed by atoms with van der Waals surface area (Å²) in [6, 6.07) is 1.92. The van der Waals surface area contributed by atoms with E-state index in [-0.39, 0.29) is 0 Å². The molecule has 1 aromatic rings. The quantitative estimate of drug-likeness (QED) is 0.300. The first-order valence-electron chi connectivity index (χ1n) is 6.53. The summed E-state index contributed by atoms with van der Waals surface area (Å²) in [5, 5.41) is 18.2. The number of halogens is 11. The van der Waals surface area contributed by atoms with E-state index < -0.39 is 52.9 Å². The first-order chi connectivity index (χ1) is 12.8. The fraction of sp³-hybridized carbons (Fsp3) is 0.417. The minimum absolute atomic E-state index is 0.410. The van der Waals surface area contributed by atoms with Crippen molar-refractivity contribution in [3.05, 3.63) is 29.5 Å². The van der Waals surface area contributed by atoms with Crippen LogP contribution in [0.1, 0.15) is 0 Å². The Balaban J connectivity index is 3.25. The number of rotatable bonds is 6. The summed E-state index contributed by atoms with van der Waals surface area (Å²) in [5.41, 5.74) is -0.611. The highest BCUT2D eigenvalue weighted by molar-refractivity contribution is 5.81. The Morgan fingerprint density at radius 2 is 1.31 bits per heavy atom. The molecule has 0 spiro atoms. The first-order valence-corrected chi connectivity index (χ1v) is 6.53. The number of hydrogen-bond acceptors (Lipinski definition) is 6. The molecule has 166 valence electrons. The van der Waals surface area contributed by atoms with Gasteiger partial charge in [-0.3, -0.25) is 9.94 Å². The number of nitrogens with zero attached hydrogens (tertiary/aromatic N) is 1. The van der Waals surface area contributed by atoms with Gasteiger partial charge in [0.25, 0.3) is 0 Å². The maximum absolute atomic E-state index is 13.9. The molecule has 0 fully saturated rings. The summed E-state index contributed by atoms with van der Waals surface area (Å²) < 4.78 is 145. The van der Waals surface area contributed by atoms with E-state index in [2.05, 4.69) is 4.74 Å². The topological polar surface area (TPSA) is 82.1 Å². The second kappa shape index (κ2) is 7.45. The van der Waals surface area contributed by atoms with Gasteiger partial charge in [-0.05, 0) is 24.3 Å². The van der Waals surface area contributed by atoms with E-state index in [0.717, 1.165) is 0 Å². The van der Waals surface area contributed by atoms with Crippen LogP contribution in [-0.2, 0) is 9.53 Å². The van der Waals surface area contributed by atoms with Gasteiger partial charge in [-0.2, -0.15) is 48.3 Å². The zero-order valence-corrected chi connectivity index (χ0v) is 13.0. The molecule has 0 bridgehead atoms. The second-order valence-electron chi connectivity index (χ2n) is 4.94. The third kappa shape index (κ3) is 4.78. The molecule has 29 heavy (non-hydrogen) atoms. The Kier molecular flexibility index (Phi) is 6.33. The van der Waals surface area contributed by atoms with Crippen LogP contribution in [0.2, 0.25) is 0 Å². The van der Waals surface area contributed by atoms with Crippen molar-refractivity contribution in [2.24, 2.45) is 0 Å². The second-order valence-corrected chi connectivity index (χ2v) is 4.94. The Labute approximate surface area is 151 Å². The van der Waals surface area contributed by atoms with Gasteiger partial charge in [0.15, 0.2) is 0 Å². The van der Waals surface area contributed by atoms with Gasteiger partial charge in [-0.1, -0.05) is 0 Å². The molecule has 0 amide bonds. The van der Waals surface area contributed by atoms with Crippen molar-refractivity contribution in [1.82, 2.24) is 0 Å². The maximum atomic E-state index is 13.9. The highest BCUT2D eigenvalue weighted by atomic mass is 19.4. The molecule has 6 nitrogen and oxygen atoms in total. The fourth-order valence-corrected chi connectivity index (χ4v) is 1.44. The van der Waals surface area contributed by atoms with Crippen LogP contribution in [-0.4, -0.2) is 41.4 Å². The molecule has 0 aliphatic rings. The van der Waals surface area contributed by atoms with Gasteiger partial charge in [0, 0.05) is 0 Å². The van der Waals surface area contributed by atoms with Crippen LogP contribution in [0.15, 0.2) is 24.3 Å². The van der Waals surface area contributed by atoms with Gasteiger partial charge in [-0.25, -0.2) is 4.79 Å². The van der Waals surface area contributed by atoms with Gasteiger partial charge in [0.1, 0.15) is 5.75 Å². The number of carbonyl (C=O) groups excluding carboxylic acids is 1. The molecule has 0 heterocycles. The third-order valence-corrected chi connectivity index (χ3v) is 2.89. The zero-order chi connectivity index (χ0) is 23.1. The van der Waals surface area contributed by atoms with Crippen molar-refractivity contribution >= 4 is 11.7 Å². The molecule has 17 heteroatoms. The predicted molar refractivity (Wildman–Crippen MR) is 66.6 cm³/mol. The largest absolute Gasteiger partial charge is 0.733 e. The van der Waals surface area contributed by atoms with Crippen molar-refractivity contribution in [3.8, 4) is 5.75 Å². The Bertz CT molecular complexity index is 731. The molecule has 1 N–H and O–H groups in total. The van der Waals surface area contributed by atoms with Crippen molar-refractivity contribution < 1.29 is 67.8 Å². The lowest BCUT2D eigenvalue weighted by molar-refractivity contribution is -0.474. The molecule has 0 unspecified atom stereocenters. The fourth-order valence-electron chi connectivity index (χ4n) is 1.44.